The molecule has 0 bridgehead atoms. The van der Waals surface area contributed by atoms with Crippen molar-refractivity contribution in [2.75, 3.05) is 6.54 Å². The molecule has 0 aliphatic heterocycles. The van der Waals surface area contributed by atoms with E-state index in [1.165, 1.54) is 27.8 Å². The van der Waals surface area contributed by atoms with E-state index in [1.54, 1.807) is 0 Å². The minimum atomic E-state index is 0.188. The second-order valence-corrected chi connectivity index (χ2v) is 9.64. The molecule has 0 aromatic heterocycles. The molecule has 0 amide bonds. The van der Waals surface area contributed by atoms with E-state index < -0.39 is 0 Å². The third-order valence-electron chi connectivity index (χ3n) is 6.93. The number of rotatable bonds is 9. The highest BCUT2D eigenvalue weighted by molar-refractivity contribution is 5.50. The van der Waals surface area contributed by atoms with Gasteiger partial charge in [0.2, 0.25) is 0 Å². The number of benzene rings is 2. The summed E-state index contributed by atoms with van der Waals surface area (Å²) < 4.78 is 0. The van der Waals surface area contributed by atoms with Crippen LogP contribution in [0.25, 0.3) is 0 Å². The van der Waals surface area contributed by atoms with Gasteiger partial charge in [-0.25, -0.2) is 0 Å². The van der Waals surface area contributed by atoms with Crippen LogP contribution in [0, 0.1) is 20.8 Å². The molecule has 0 saturated heterocycles. The minimum absolute atomic E-state index is 0.188. The van der Waals surface area contributed by atoms with Gasteiger partial charge in [0.25, 0.3) is 0 Å². The molecule has 0 radical (unpaired) electrons. The molecule has 0 aliphatic carbocycles. The molecule has 2 heteroatoms. The lowest BCUT2D eigenvalue weighted by atomic mass is 9.82. The molecule has 0 aliphatic rings. The molecule has 2 rings (SSSR count). The number of hydrogen-bond donors (Lipinski definition) is 1. The summed E-state index contributed by atoms with van der Waals surface area (Å²) in [5.74, 6) is 1.06. The van der Waals surface area contributed by atoms with Crippen molar-refractivity contribution in [1.82, 2.24) is 4.90 Å². The number of phenolic OH excluding ortho intramolecular Hbond substituents is 1. The van der Waals surface area contributed by atoms with E-state index in [9.17, 15) is 5.11 Å². The van der Waals surface area contributed by atoms with Crippen molar-refractivity contribution in [3.05, 3.63) is 63.7 Å². The number of phenols is 1. The molecular weight excluding hydrogens is 366 g/mol. The Labute approximate surface area is 185 Å². The fourth-order valence-corrected chi connectivity index (χ4v) is 4.76. The van der Waals surface area contributed by atoms with E-state index in [0.29, 0.717) is 23.8 Å². The van der Waals surface area contributed by atoms with Gasteiger partial charge in [0, 0.05) is 23.6 Å². The topological polar surface area (TPSA) is 23.5 Å². The molecule has 2 aromatic carbocycles. The van der Waals surface area contributed by atoms with Crippen molar-refractivity contribution < 1.29 is 5.11 Å². The molecule has 2 nitrogen and oxygen atoms in total. The smallest absolute Gasteiger partial charge is 0.119 e. The fraction of sp³-hybridized carbons (Fsp3) is 0.571. The summed E-state index contributed by atoms with van der Waals surface area (Å²) in [5.41, 5.74) is 7.58. The summed E-state index contributed by atoms with van der Waals surface area (Å²) in [7, 11) is 0. The third-order valence-corrected chi connectivity index (χ3v) is 6.93. The summed E-state index contributed by atoms with van der Waals surface area (Å²) in [6.07, 6.45) is 2.15. The highest BCUT2D eigenvalue weighted by atomic mass is 16.3. The van der Waals surface area contributed by atoms with Crippen molar-refractivity contribution >= 4 is 0 Å². The summed E-state index contributed by atoms with van der Waals surface area (Å²) in [4.78, 5) is 2.60. The molecule has 1 unspecified atom stereocenters. The lowest BCUT2D eigenvalue weighted by Crippen LogP contribution is -2.39. The Bertz CT molecular complexity index is 837. The van der Waals surface area contributed by atoms with Crippen molar-refractivity contribution in [3.63, 3.8) is 0 Å². The van der Waals surface area contributed by atoms with Gasteiger partial charge in [0.15, 0.2) is 0 Å². The van der Waals surface area contributed by atoms with Gasteiger partial charge in [-0.1, -0.05) is 45.0 Å². The van der Waals surface area contributed by atoms with Gasteiger partial charge < -0.3 is 5.11 Å². The first kappa shape index (κ1) is 24.5. The largest absolute Gasteiger partial charge is 0.508 e. The number of aryl methyl sites for hydroxylation is 2. The molecule has 0 fully saturated rings. The first-order valence-corrected chi connectivity index (χ1v) is 11.7. The van der Waals surface area contributed by atoms with E-state index in [4.69, 9.17) is 0 Å². The zero-order valence-corrected chi connectivity index (χ0v) is 20.7. The molecule has 0 heterocycles. The lowest BCUT2D eigenvalue weighted by molar-refractivity contribution is 0.156. The first-order valence-electron chi connectivity index (χ1n) is 11.7. The van der Waals surface area contributed by atoms with Crippen LogP contribution in [-0.2, 0) is 0 Å². The Morgan fingerprint density at radius 3 is 2.10 bits per heavy atom. The number of nitrogens with zero attached hydrogens (tertiary/aromatic N) is 1. The third kappa shape index (κ3) is 5.46. The van der Waals surface area contributed by atoms with Gasteiger partial charge in [0.05, 0.1) is 0 Å². The average Bonchev–Trinajstić information content (AvgIpc) is 2.67. The quantitative estimate of drug-likeness (QED) is 0.464. The maximum atomic E-state index is 11.0. The fourth-order valence-electron chi connectivity index (χ4n) is 4.76. The van der Waals surface area contributed by atoms with E-state index in [1.807, 2.05) is 6.07 Å². The van der Waals surface area contributed by atoms with E-state index in [0.717, 1.165) is 24.9 Å². The van der Waals surface area contributed by atoms with Crippen LogP contribution in [0.5, 0.6) is 5.75 Å². The SMILES string of the molecule is CCC(C)N(CC[C@@H](c1cc(C(C)C)c(C)cc1O)c1cccc(C)c1C)C(C)C. The van der Waals surface area contributed by atoms with Crippen LogP contribution in [-0.4, -0.2) is 28.6 Å². The van der Waals surface area contributed by atoms with Crippen LogP contribution >= 0.6 is 0 Å². The molecule has 166 valence electrons. The van der Waals surface area contributed by atoms with Crippen molar-refractivity contribution in [2.24, 2.45) is 0 Å². The Morgan fingerprint density at radius 1 is 0.867 bits per heavy atom. The van der Waals surface area contributed by atoms with Crippen LogP contribution in [0.4, 0.5) is 0 Å². The summed E-state index contributed by atoms with van der Waals surface area (Å²) >= 11 is 0. The van der Waals surface area contributed by atoms with E-state index in [-0.39, 0.29) is 5.92 Å². The van der Waals surface area contributed by atoms with E-state index >= 15 is 0 Å². The van der Waals surface area contributed by atoms with Crippen molar-refractivity contribution in [3.8, 4) is 5.75 Å². The molecule has 2 atom stereocenters. The zero-order chi connectivity index (χ0) is 22.6. The van der Waals surface area contributed by atoms with Gasteiger partial charge in [-0.2, -0.15) is 0 Å². The summed E-state index contributed by atoms with van der Waals surface area (Å²) in [6, 6.07) is 11.9. The first-order chi connectivity index (χ1) is 14.1. The predicted molar refractivity (Wildman–Crippen MR) is 131 cm³/mol. The van der Waals surface area contributed by atoms with E-state index in [2.05, 4.69) is 91.5 Å². The Hall–Kier alpha value is -1.80. The Morgan fingerprint density at radius 2 is 1.53 bits per heavy atom. The minimum Gasteiger partial charge on any atom is -0.508 e. The highest BCUT2D eigenvalue weighted by Gasteiger charge is 2.24. The van der Waals surface area contributed by atoms with Crippen LogP contribution in [0.1, 0.15) is 99.6 Å². The Kier molecular flexibility index (Phi) is 8.55. The highest BCUT2D eigenvalue weighted by Crippen LogP contribution is 2.39. The van der Waals surface area contributed by atoms with Gasteiger partial charge in [-0.3, -0.25) is 4.90 Å². The monoisotopic (exact) mass is 409 g/mol. The molecule has 1 N–H and O–H groups in total. The summed E-state index contributed by atoms with van der Waals surface area (Å²) in [5, 5.41) is 11.0. The van der Waals surface area contributed by atoms with Crippen LogP contribution in [0.15, 0.2) is 30.3 Å². The maximum absolute atomic E-state index is 11.0. The second-order valence-electron chi connectivity index (χ2n) is 9.64. The second kappa shape index (κ2) is 10.5. The zero-order valence-electron chi connectivity index (χ0n) is 20.7. The van der Waals surface area contributed by atoms with Gasteiger partial charge >= 0.3 is 0 Å². The van der Waals surface area contributed by atoms with Gasteiger partial charge in [-0.15, -0.1) is 0 Å². The lowest BCUT2D eigenvalue weighted by Gasteiger charge is -2.34. The van der Waals surface area contributed by atoms with Crippen molar-refractivity contribution in [2.45, 2.75) is 99.1 Å². The van der Waals surface area contributed by atoms with Crippen molar-refractivity contribution in [1.29, 1.82) is 0 Å². The standard InChI is InChI=1S/C28H43NO/c1-10-22(8)29(19(4)5)15-14-25(24-13-11-12-20(6)23(24)9)27-17-26(18(2)3)21(7)16-28(27)30/h11-13,16-19,22,25,30H,10,14-15H2,1-9H3/t22?,25-/m1/s1. The molecule has 30 heavy (non-hydrogen) atoms. The molecular formula is C28H43NO. The molecule has 0 spiro atoms. The number of hydrogen-bond acceptors (Lipinski definition) is 2. The average molecular weight is 410 g/mol. The van der Waals surface area contributed by atoms with Gasteiger partial charge in [0.1, 0.15) is 5.75 Å². The predicted octanol–water partition coefficient (Wildman–Crippen LogP) is 7.47. The van der Waals surface area contributed by atoms with Crippen LogP contribution < -0.4 is 0 Å². The van der Waals surface area contributed by atoms with Gasteiger partial charge in [-0.05, 0) is 101 Å². The summed E-state index contributed by atoms with van der Waals surface area (Å²) in [6.45, 7) is 21.2. The van der Waals surface area contributed by atoms with Crippen LogP contribution in [0.2, 0.25) is 0 Å². The molecule has 2 aromatic rings. The maximum Gasteiger partial charge on any atom is 0.119 e. The molecule has 0 saturated carbocycles. The number of aromatic hydroxyl groups is 1. The Balaban J connectivity index is 2.55. The van der Waals surface area contributed by atoms with Crippen LogP contribution in [0.3, 0.4) is 0 Å². The normalized spacial score (nSPS) is 14.0.